The number of phenolic OH excluding ortho intramolecular Hbond substituents is 3. The van der Waals surface area contributed by atoms with E-state index in [0.717, 1.165) is 53.0 Å². The summed E-state index contributed by atoms with van der Waals surface area (Å²) in [6, 6.07) is 10.5. The molecule has 0 amide bonds. The molecule has 15 nitrogen and oxygen atoms in total. The molecule has 6 bridgehead atoms. The first kappa shape index (κ1) is 38.7. The van der Waals surface area contributed by atoms with Crippen molar-refractivity contribution in [1.82, 2.24) is 16.0 Å². The number of ketones is 3. The van der Waals surface area contributed by atoms with Crippen molar-refractivity contribution in [2.24, 2.45) is 0 Å². The molecule has 0 aromatic heterocycles. The summed E-state index contributed by atoms with van der Waals surface area (Å²) in [5.41, 5.74) is 0.995. The largest absolute Gasteiger partial charge is 0.504 e. The van der Waals surface area contributed by atoms with E-state index in [1.165, 1.54) is 0 Å². The van der Waals surface area contributed by atoms with Crippen LogP contribution in [0.4, 0.5) is 0 Å². The van der Waals surface area contributed by atoms with Gasteiger partial charge in [0.2, 0.25) is 0 Å². The van der Waals surface area contributed by atoms with Crippen molar-refractivity contribution >= 4 is 17.3 Å². The minimum absolute atomic E-state index is 0.0452. The van der Waals surface area contributed by atoms with Crippen LogP contribution in [0.5, 0.6) is 34.5 Å². The van der Waals surface area contributed by atoms with Gasteiger partial charge in [-0.2, -0.15) is 0 Å². The standard InChI is InChI=1S/3C16H17NO4/c3*18-9-2-1-8-7-11-16(20)4-3-10(19)14-15(16,5-6-17-11)12(8)13(9)21-14/h3*1-2,11,14,17-18,20H,3-7H2/t3*11-,14+,15+,16-/m111/s1. The Morgan fingerprint density at radius 1 is 0.444 bits per heavy atom. The number of phenols is 3. The molecule has 9 N–H and O–H groups in total. The van der Waals surface area contributed by atoms with E-state index in [2.05, 4.69) is 16.0 Å². The third-order valence-electron chi connectivity index (χ3n) is 18.2. The monoisotopic (exact) mass is 861 g/mol. The Morgan fingerprint density at radius 2 is 0.730 bits per heavy atom. The third kappa shape index (κ3) is 4.27. The zero-order valence-electron chi connectivity index (χ0n) is 34.7. The second-order valence-corrected chi connectivity index (χ2v) is 20.3. The number of nitrogens with one attached hydrogen (secondary N) is 3. The molecule has 15 heteroatoms. The van der Waals surface area contributed by atoms with E-state index in [9.17, 15) is 45.0 Å². The lowest BCUT2D eigenvalue weighted by atomic mass is 9.49. The molecule has 12 atom stereocenters. The zero-order valence-corrected chi connectivity index (χ0v) is 34.7. The van der Waals surface area contributed by atoms with Gasteiger partial charge < -0.3 is 60.8 Å². The van der Waals surface area contributed by atoms with Crippen LogP contribution < -0.4 is 30.2 Å². The summed E-state index contributed by atoms with van der Waals surface area (Å²) in [5, 5.41) is 75.0. The molecular weight excluding hydrogens is 811 g/mol. The predicted molar refractivity (Wildman–Crippen MR) is 221 cm³/mol. The first-order valence-corrected chi connectivity index (χ1v) is 22.7. The van der Waals surface area contributed by atoms with Crippen LogP contribution in [0.3, 0.4) is 0 Å². The van der Waals surface area contributed by atoms with Gasteiger partial charge in [-0.15, -0.1) is 0 Å². The molecule has 12 aliphatic rings. The minimum atomic E-state index is -0.962. The highest BCUT2D eigenvalue weighted by molar-refractivity contribution is 5.92. The van der Waals surface area contributed by atoms with E-state index in [4.69, 9.17) is 14.2 Å². The maximum Gasteiger partial charge on any atom is 0.174 e. The van der Waals surface area contributed by atoms with E-state index < -0.39 is 51.4 Å². The van der Waals surface area contributed by atoms with Crippen molar-refractivity contribution in [1.29, 1.82) is 0 Å². The number of rotatable bonds is 0. The zero-order chi connectivity index (χ0) is 43.2. The van der Waals surface area contributed by atoms with Crippen molar-refractivity contribution < 1.29 is 59.2 Å². The summed E-state index contributed by atoms with van der Waals surface area (Å²) >= 11 is 0. The molecule has 6 fully saturated rings. The second kappa shape index (κ2) is 12.3. The van der Waals surface area contributed by atoms with Crippen LogP contribution in [0.1, 0.15) is 91.2 Å². The summed E-state index contributed by atoms with van der Waals surface area (Å²) in [6.45, 7) is 2.28. The molecule has 6 aliphatic carbocycles. The lowest BCUT2D eigenvalue weighted by Gasteiger charge is -2.59. The van der Waals surface area contributed by atoms with Gasteiger partial charge in [-0.3, -0.25) is 14.4 Å². The maximum atomic E-state index is 12.4. The molecular formula is C48H51N3O12. The first-order valence-electron chi connectivity index (χ1n) is 22.7. The van der Waals surface area contributed by atoms with Crippen LogP contribution in [0, 0.1) is 0 Å². The molecule has 63 heavy (non-hydrogen) atoms. The topological polar surface area (TPSA) is 236 Å². The van der Waals surface area contributed by atoms with Gasteiger partial charge in [0.1, 0.15) is 0 Å². The highest BCUT2D eigenvalue weighted by Crippen LogP contribution is 2.66. The molecule has 0 radical (unpaired) electrons. The summed E-state index contributed by atoms with van der Waals surface area (Å²) < 4.78 is 17.7. The number of hydrogen-bond donors (Lipinski definition) is 9. The third-order valence-corrected chi connectivity index (χ3v) is 18.2. The Labute approximate surface area is 362 Å². The number of aromatic hydroxyl groups is 3. The summed E-state index contributed by atoms with van der Waals surface area (Å²) in [4.78, 5) is 37.3. The molecule has 3 spiro atoms. The van der Waals surface area contributed by atoms with Crippen molar-refractivity contribution in [3.8, 4) is 34.5 Å². The molecule has 0 unspecified atom stereocenters. The predicted octanol–water partition coefficient (Wildman–Crippen LogP) is 1.21. The molecule has 3 aromatic rings. The van der Waals surface area contributed by atoms with Crippen LogP contribution >= 0.6 is 0 Å². The fraction of sp³-hybridized carbons (Fsp3) is 0.562. The summed E-state index contributed by atoms with van der Waals surface area (Å²) in [5.74, 6) is 1.62. The SMILES string of the molecule is O=C1CC[C@@]2(O)[C@H]3Cc4ccc(O)c5c4[C@@]2(CCN3)[C@H]1O5.O=C1CC[C@@]2(O)[C@H]3Cc4ccc(O)c5c4[C@@]2(CCN3)[C@H]1O5.O=C1CC[C@@]2(O)[C@H]3Cc4ccc(O)c5c4[C@@]2(CCN3)[C@H]1O5. The Bertz CT molecular complexity index is 2340. The van der Waals surface area contributed by atoms with Crippen molar-refractivity contribution in [2.45, 2.75) is 147 Å². The molecule has 330 valence electrons. The van der Waals surface area contributed by atoms with Gasteiger partial charge in [0, 0.05) is 54.1 Å². The van der Waals surface area contributed by atoms with E-state index in [0.29, 0.717) is 94.3 Å². The van der Waals surface area contributed by atoms with Crippen LogP contribution in [0.2, 0.25) is 0 Å². The number of carbonyl (C=O) groups is 3. The van der Waals surface area contributed by atoms with E-state index in [1.807, 2.05) is 18.2 Å². The van der Waals surface area contributed by atoms with E-state index in [1.54, 1.807) is 18.2 Å². The van der Waals surface area contributed by atoms with Crippen LogP contribution in [-0.4, -0.2) is 121 Å². The van der Waals surface area contributed by atoms with Crippen molar-refractivity contribution in [3.63, 3.8) is 0 Å². The van der Waals surface area contributed by atoms with Gasteiger partial charge >= 0.3 is 0 Å². The first-order chi connectivity index (χ1) is 30.2. The van der Waals surface area contributed by atoms with Crippen LogP contribution in [-0.2, 0) is 49.9 Å². The second-order valence-electron chi connectivity index (χ2n) is 20.3. The quantitative estimate of drug-likeness (QED) is 0.155. The number of benzene rings is 3. The van der Waals surface area contributed by atoms with Gasteiger partial charge in [0.25, 0.3) is 0 Å². The van der Waals surface area contributed by atoms with Gasteiger partial charge in [-0.25, -0.2) is 0 Å². The molecule has 3 aromatic carbocycles. The summed E-state index contributed by atoms with van der Waals surface area (Å²) in [6.07, 6.45) is 4.62. The fourth-order valence-electron chi connectivity index (χ4n) is 15.7. The van der Waals surface area contributed by atoms with E-state index >= 15 is 0 Å². The lowest BCUT2D eigenvalue weighted by molar-refractivity contribution is -0.166. The Hall–Kier alpha value is -4.77. The lowest BCUT2D eigenvalue weighted by Crippen LogP contribution is -2.76. The van der Waals surface area contributed by atoms with Crippen LogP contribution in [0.25, 0.3) is 0 Å². The average Bonchev–Trinajstić information content (AvgIpc) is 3.92. The van der Waals surface area contributed by atoms with Gasteiger partial charge in [-0.1, -0.05) is 18.2 Å². The number of aliphatic hydroxyl groups is 3. The highest BCUT2D eigenvalue weighted by Gasteiger charge is 2.74. The highest BCUT2D eigenvalue weighted by atomic mass is 16.5. The molecule has 6 heterocycles. The van der Waals surface area contributed by atoms with Crippen molar-refractivity contribution in [3.05, 3.63) is 69.8 Å². The van der Waals surface area contributed by atoms with Gasteiger partial charge in [0.15, 0.2) is 70.2 Å². The Balaban J connectivity index is 0.0000000957. The average molecular weight is 862 g/mol. The normalized spacial score (nSPS) is 42.4. The number of Topliss-reactive ketones (excluding diaryl/α,β-unsaturated/α-hetero) is 3. The molecule has 3 saturated heterocycles. The van der Waals surface area contributed by atoms with Gasteiger partial charge in [-0.05, 0) is 112 Å². The van der Waals surface area contributed by atoms with Gasteiger partial charge in [0.05, 0.1) is 33.0 Å². The minimum Gasteiger partial charge on any atom is -0.504 e. The Morgan fingerprint density at radius 3 is 1.02 bits per heavy atom. The molecule has 6 aliphatic heterocycles. The summed E-state index contributed by atoms with van der Waals surface area (Å²) in [7, 11) is 0. The molecule has 15 rings (SSSR count). The van der Waals surface area contributed by atoms with Crippen LogP contribution in [0.15, 0.2) is 36.4 Å². The number of carbonyl (C=O) groups excluding carboxylic acids is 3. The smallest absolute Gasteiger partial charge is 0.174 e. The Kier molecular flexibility index (Phi) is 7.56. The maximum absolute atomic E-state index is 12.4. The van der Waals surface area contributed by atoms with Crippen molar-refractivity contribution in [2.75, 3.05) is 19.6 Å². The van der Waals surface area contributed by atoms with E-state index in [-0.39, 0.29) is 52.7 Å². The number of ether oxygens (including phenoxy) is 3. The number of piperidine rings is 3. The number of hydrogen-bond acceptors (Lipinski definition) is 15. The molecule has 3 saturated carbocycles. The fourth-order valence-corrected chi connectivity index (χ4v) is 15.7.